The summed E-state index contributed by atoms with van der Waals surface area (Å²) in [7, 11) is 1.75. The van der Waals surface area contributed by atoms with Crippen LogP contribution in [-0.4, -0.2) is 62.7 Å². The van der Waals surface area contributed by atoms with Crippen molar-refractivity contribution in [2.45, 2.75) is 23.9 Å². The molecule has 2 aromatic heterocycles. The Bertz CT molecular complexity index is 775. The average Bonchev–Trinajstić information content (AvgIpc) is 2.98. The second-order valence-corrected chi connectivity index (χ2v) is 5.24. The fraction of sp³-hybridized carbons (Fsp3) is 0.417. The largest absolute Gasteiger partial charge is 0.394 e. The molecule has 3 heterocycles. The van der Waals surface area contributed by atoms with Gasteiger partial charge in [0.25, 0.3) is 0 Å². The molecule has 0 saturated carbocycles. The molecule has 22 heavy (non-hydrogen) atoms. The summed E-state index contributed by atoms with van der Waals surface area (Å²) in [5, 5.41) is 43.1. The molecule has 1 fully saturated rings. The topological polar surface area (TPSA) is 150 Å². The molecule has 1 saturated heterocycles. The zero-order chi connectivity index (χ0) is 16.1. The Morgan fingerprint density at radius 3 is 2.86 bits per heavy atom. The Labute approximate surface area is 126 Å². The zero-order valence-electron chi connectivity index (χ0n) is 11.7. The first kappa shape index (κ1) is 14.7. The first-order chi connectivity index (χ1) is 10.5. The molecule has 0 radical (unpaired) electrons. The van der Waals surface area contributed by atoms with E-state index in [-0.39, 0.29) is 11.5 Å². The van der Waals surface area contributed by atoms with Crippen LogP contribution in [0.2, 0.25) is 0 Å². The van der Waals surface area contributed by atoms with Gasteiger partial charge < -0.3 is 25.8 Å². The molecular formula is C12H14BN5O4. The van der Waals surface area contributed by atoms with Gasteiger partial charge in [-0.25, -0.2) is 9.50 Å². The van der Waals surface area contributed by atoms with Gasteiger partial charge in [-0.05, 0) is 6.07 Å². The predicted octanol–water partition coefficient (Wildman–Crippen LogP) is -3.60. The van der Waals surface area contributed by atoms with Gasteiger partial charge in [0, 0.05) is 0 Å². The summed E-state index contributed by atoms with van der Waals surface area (Å²) >= 11 is 0. The third-order valence-electron chi connectivity index (χ3n) is 3.96. The Kier molecular flexibility index (Phi) is 3.30. The highest BCUT2D eigenvalue weighted by Gasteiger charge is 2.57. The molecule has 0 unspecified atom stereocenters. The van der Waals surface area contributed by atoms with E-state index in [0.29, 0.717) is 11.0 Å². The number of hydrogen-bond acceptors (Lipinski definition) is 8. The van der Waals surface area contributed by atoms with Crippen LogP contribution in [0.25, 0.3) is 5.52 Å². The summed E-state index contributed by atoms with van der Waals surface area (Å²) in [6.07, 6.45) is -2.78. The van der Waals surface area contributed by atoms with Crippen molar-refractivity contribution in [3.8, 4) is 6.07 Å². The number of ether oxygens (including phenoxy) is 1. The lowest BCUT2D eigenvalue weighted by molar-refractivity contribution is -0.0642. The van der Waals surface area contributed by atoms with Crippen molar-refractivity contribution in [1.29, 1.82) is 5.26 Å². The Morgan fingerprint density at radius 1 is 1.55 bits per heavy atom. The number of aliphatic hydroxyl groups excluding tert-OH is 3. The Balaban J connectivity index is 2.26. The Morgan fingerprint density at radius 2 is 2.27 bits per heavy atom. The normalized spacial score (nSPS) is 31.5. The minimum absolute atomic E-state index is 0.221. The van der Waals surface area contributed by atoms with Crippen LogP contribution in [0.15, 0.2) is 12.4 Å². The monoisotopic (exact) mass is 303 g/mol. The van der Waals surface area contributed by atoms with Crippen LogP contribution in [0.3, 0.4) is 0 Å². The molecule has 114 valence electrons. The number of nitrogens with zero attached hydrogens (tertiary/aromatic N) is 4. The number of nitriles is 1. The van der Waals surface area contributed by atoms with E-state index in [9.17, 15) is 20.6 Å². The number of nitrogen functional groups attached to an aromatic ring is 1. The first-order valence-corrected chi connectivity index (χ1v) is 6.61. The lowest BCUT2D eigenvalue weighted by Gasteiger charge is -2.24. The van der Waals surface area contributed by atoms with Crippen molar-refractivity contribution in [2.75, 3.05) is 12.3 Å². The van der Waals surface area contributed by atoms with E-state index < -0.39 is 30.5 Å². The van der Waals surface area contributed by atoms with Crippen molar-refractivity contribution < 1.29 is 20.1 Å². The standard InChI is InChI=1S/C12H14BN5O4/c13-5-1-7(18-8(5)11(15)16-4-17-18)12(3-14)10(21)9(20)6(2-19)22-12/h1,4,6,9-10,19-21H,2,13H2,(H2,15,16,17)/t6-,9-,10-,12+/m1/s1. The number of aromatic nitrogens is 3. The smallest absolute Gasteiger partial charge is 0.225 e. The van der Waals surface area contributed by atoms with Gasteiger partial charge in [0.1, 0.15) is 44.1 Å². The van der Waals surface area contributed by atoms with Gasteiger partial charge in [0.2, 0.25) is 5.60 Å². The molecule has 9 nitrogen and oxygen atoms in total. The molecule has 3 rings (SSSR count). The lowest BCUT2D eigenvalue weighted by atomic mass is 9.90. The second-order valence-electron chi connectivity index (χ2n) is 5.24. The molecule has 1 aliphatic heterocycles. The molecule has 4 atom stereocenters. The van der Waals surface area contributed by atoms with Gasteiger partial charge in [0.15, 0.2) is 5.82 Å². The highest BCUT2D eigenvalue weighted by Crippen LogP contribution is 2.39. The van der Waals surface area contributed by atoms with E-state index in [1.807, 2.05) is 6.07 Å². The molecule has 0 aliphatic carbocycles. The maximum atomic E-state index is 10.3. The quantitative estimate of drug-likeness (QED) is 0.416. The van der Waals surface area contributed by atoms with Crippen LogP contribution in [0.4, 0.5) is 5.82 Å². The van der Waals surface area contributed by atoms with E-state index in [4.69, 9.17) is 10.5 Å². The van der Waals surface area contributed by atoms with Crippen molar-refractivity contribution in [3.05, 3.63) is 18.1 Å². The molecule has 2 aromatic rings. The van der Waals surface area contributed by atoms with Crippen LogP contribution < -0.4 is 11.2 Å². The Hall–Kier alpha value is -2.19. The van der Waals surface area contributed by atoms with Gasteiger partial charge in [0.05, 0.1) is 12.3 Å². The van der Waals surface area contributed by atoms with E-state index in [2.05, 4.69) is 10.1 Å². The molecular weight excluding hydrogens is 289 g/mol. The number of nitrogens with two attached hydrogens (primary N) is 1. The second kappa shape index (κ2) is 4.93. The minimum atomic E-state index is -1.86. The minimum Gasteiger partial charge on any atom is -0.394 e. The molecule has 0 spiro atoms. The van der Waals surface area contributed by atoms with Gasteiger partial charge in [-0.3, -0.25) is 0 Å². The summed E-state index contributed by atoms with van der Waals surface area (Å²) in [5.74, 6) is 0.221. The van der Waals surface area contributed by atoms with E-state index in [1.165, 1.54) is 10.8 Å². The number of anilines is 1. The molecule has 10 heteroatoms. The SMILES string of the molecule is Bc1cc([C@]2(C#N)O[C@H](CO)[C@@H](O)[C@H]2O)n2ncnc(N)c12. The van der Waals surface area contributed by atoms with E-state index in [1.54, 1.807) is 13.9 Å². The first-order valence-electron chi connectivity index (χ1n) is 6.61. The summed E-state index contributed by atoms with van der Waals surface area (Å²) < 4.78 is 6.84. The summed E-state index contributed by atoms with van der Waals surface area (Å²) in [4.78, 5) is 3.89. The highest BCUT2D eigenvalue weighted by molar-refractivity contribution is 6.37. The lowest BCUT2D eigenvalue weighted by Crippen LogP contribution is -2.41. The fourth-order valence-corrected chi connectivity index (χ4v) is 2.85. The van der Waals surface area contributed by atoms with E-state index in [0.717, 1.165) is 0 Å². The van der Waals surface area contributed by atoms with Gasteiger partial charge in [-0.1, -0.05) is 5.46 Å². The van der Waals surface area contributed by atoms with Crippen molar-refractivity contribution in [1.82, 2.24) is 14.6 Å². The summed E-state index contributed by atoms with van der Waals surface area (Å²) in [6.45, 7) is -0.527. The average molecular weight is 303 g/mol. The fourth-order valence-electron chi connectivity index (χ4n) is 2.85. The van der Waals surface area contributed by atoms with E-state index >= 15 is 0 Å². The van der Waals surface area contributed by atoms with Gasteiger partial charge >= 0.3 is 0 Å². The van der Waals surface area contributed by atoms with Crippen LogP contribution in [-0.2, 0) is 10.3 Å². The highest BCUT2D eigenvalue weighted by atomic mass is 16.6. The molecule has 1 aliphatic rings. The maximum Gasteiger partial charge on any atom is 0.225 e. The number of aliphatic hydroxyl groups is 3. The van der Waals surface area contributed by atoms with Crippen LogP contribution >= 0.6 is 0 Å². The maximum absolute atomic E-state index is 10.3. The number of rotatable bonds is 2. The molecule has 0 aromatic carbocycles. The van der Waals surface area contributed by atoms with Crippen LogP contribution in [0.5, 0.6) is 0 Å². The summed E-state index contributed by atoms with van der Waals surface area (Å²) in [5.41, 5.74) is 5.37. The number of fused-ring (bicyclic) bond motifs is 1. The predicted molar refractivity (Wildman–Crippen MR) is 76.8 cm³/mol. The van der Waals surface area contributed by atoms with Crippen LogP contribution in [0.1, 0.15) is 5.69 Å². The van der Waals surface area contributed by atoms with Crippen LogP contribution in [0, 0.1) is 11.3 Å². The number of hydrogen-bond donors (Lipinski definition) is 4. The molecule has 5 N–H and O–H groups in total. The van der Waals surface area contributed by atoms with Crippen molar-refractivity contribution in [3.63, 3.8) is 0 Å². The summed E-state index contributed by atoms with van der Waals surface area (Å²) in [6, 6.07) is 3.49. The third kappa shape index (κ3) is 1.74. The van der Waals surface area contributed by atoms with Gasteiger partial charge in [-0.15, -0.1) is 0 Å². The molecule has 0 amide bonds. The third-order valence-corrected chi connectivity index (χ3v) is 3.96. The van der Waals surface area contributed by atoms with Crippen molar-refractivity contribution in [2.24, 2.45) is 0 Å². The van der Waals surface area contributed by atoms with Crippen molar-refractivity contribution >= 4 is 24.6 Å². The zero-order valence-corrected chi connectivity index (χ0v) is 11.7. The molecule has 0 bridgehead atoms. The van der Waals surface area contributed by atoms with Gasteiger partial charge in [-0.2, -0.15) is 10.4 Å².